The third-order valence-corrected chi connectivity index (χ3v) is 5.00. The summed E-state index contributed by atoms with van der Waals surface area (Å²) >= 11 is 13.9. The summed E-state index contributed by atoms with van der Waals surface area (Å²) in [4.78, 5) is 2.14. The first-order valence-electron chi connectivity index (χ1n) is 7.10. The highest BCUT2D eigenvalue weighted by atomic mass is 35.5. The van der Waals surface area contributed by atoms with E-state index in [9.17, 15) is 0 Å². The molecular weight excluding hydrogens is 321 g/mol. The van der Waals surface area contributed by atoms with Crippen molar-refractivity contribution in [2.75, 3.05) is 6.54 Å². The predicted octanol–water partition coefficient (Wildman–Crippen LogP) is 6.21. The van der Waals surface area contributed by atoms with Crippen molar-refractivity contribution in [3.63, 3.8) is 0 Å². The molecule has 2 aromatic rings. The third kappa shape index (κ3) is 4.65. The van der Waals surface area contributed by atoms with Crippen LogP contribution in [0, 0.1) is 0 Å². The molecule has 0 bridgehead atoms. The van der Waals surface area contributed by atoms with Gasteiger partial charge in [-0.15, -0.1) is 0 Å². The van der Waals surface area contributed by atoms with E-state index in [1.165, 1.54) is 5.56 Å². The molecule has 1 atom stereocenters. The number of nitrogens with one attached hydrogen (secondary N) is 1. The largest absolute Gasteiger partial charge is 0.310 e. The first-order valence-corrected chi connectivity index (χ1v) is 8.67. The van der Waals surface area contributed by atoms with Gasteiger partial charge in [-0.1, -0.05) is 60.9 Å². The van der Waals surface area contributed by atoms with Gasteiger partial charge in [0.15, 0.2) is 0 Å². The summed E-state index contributed by atoms with van der Waals surface area (Å²) in [6.07, 6.45) is 1.08. The summed E-state index contributed by atoms with van der Waals surface area (Å²) in [5.74, 6) is 0. The molecule has 2 aromatic carbocycles. The zero-order valence-corrected chi connectivity index (χ0v) is 14.5. The Hall–Kier alpha value is -0.670. The van der Waals surface area contributed by atoms with Crippen molar-refractivity contribution in [1.82, 2.24) is 5.32 Å². The highest BCUT2D eigenvalue weighted by molar-refractivity contribution is 7.99. The Morgan fingerprint density at radius 3 is 2.38 bits per heavy atom. The van der Waals surface area contributed by atoms with Gasteiger partial charge in [0.2, 0.25) is 0 Å². The molecule has 2 rings (SSSR count). The monoisotopic (exact) mass is 339 g/mol. The Kier molecular flexibility index (Phi) is 6.43. The van der Waals surface area contributed by atoms with E-state index in [-0.39, 0.29) is 0 Å². The second-order valence-corrected chi connectivity index (χ2v) is 6.72. The molecule has 0 aliphatic rings. The summed E-state index contributed by atoms with van der Waals surface area (Å²) in [6.45, 7) is 5.31. The van der Waals surface area contributed by atoms with Crippen molar-refractivity contribution in [2.45, 2.75) is 36.1 Å². The van der Waals surface area contributed by atoms with Crippen molar-refractivity contribution >= 4 is 35.0 Å². The van der Waals surface area contributed by atoms with Gasteiger partial charge in [0.25, 0.3) is 0 Å². The molecule has 0 heterocycles. The zero-order valence-electron chi connectivity index (χ0n) is 12.2. The molecule has 4 heteroatoms. The van der Waals surface area contributed by atoms with E-state index in [2.05, 4.69) is 43.4 Å². The normalized spacial score (nSPS) is 12.4. The molecule has 0 fully saturated rings. The number of benzene rings is 2. The number of rotatable bonds is 6. The van der Waals surface area contributed by atoms with E-state index in [0.29, 0.717) is 11.1 Å². The quantitative estimate of drug-likeness (QED) is 0.671. The van der Waals surface area contributed by atoms with Gasteiger partial charge < -0.3 is 5.32 Å². The van der Waals surface area contributed by atoms with Gasteiger partial charge in [-0.05, 0) is 48.9 Å². The van der Waals surface area contributed by atoms with Gasteiger partial charge in [-0.2, -0.15) is 0 Å². The van der Waals surface area contributed by atoms with E-state index >= 15 is 0 Å². The summed E-state index contributed by atoms with van der Waals surface area (Å²) < 4.78 is 0. The van der Waals surface area contributed by atoms with Gasteiger partial charge >= 0.3 is 0 Å². The molecule has 0 aliphatic heterocycles. The average Bonchev–Trinajstić information content (AvgIpc) is 2.49. The average molecular weight is 340 g/mol. The van der Waals surface area contributed by atoms with Crippen LogP contribution in [0.5, 0.6) is 0 Å². The van der Waals surface area contributed by atoms with Gasteiger partial charge in [0, 0.05) is 20.9 Å². The van der Waals surface area contributed by atoms with Crippen molar-refractivity contribution in [3.8, 4) is 0 Å². The maximum atomic E-state index is 6.20. The molecule has 0 spiro atoms. The maximum absolute atomic E-state index is 6.20. The summed E-state index contributed by atoms with van der Waals surface area (Å²) in [5, 5.41) is 4.92. The van der Waals surface area contributed by atoms with Crippen LogP contribution in [0.25, 0.3) is 0 Å². The fourth-order valence-corrected chi connectivity index (χ4v) is 3.54. The molecule has 1 N–H and O–H groups in total. The van der Waals surface area contributed by atoms with Crippen LogP contribution in [0.3, 0.4) is 0 Å². The third-order valence-electron chi connectivity index (χ3n) is 3.26. The van der Waals surface area contributed by atoms with Crippen molar-refractivity contribution in [3.05, 3.63) is 58.1 Å². The Bertz CT molecular complexity index is 584. The number of hydrogen-bond donors (Lipinski definition) is 1. The Morgan fingerprint density at radius 1 is 1.05 bits per heavy atom. The van der Waals surface area contributed by atoms with Crippen LogP contribution >= 0.6 is 35.0 Å². The van der Waals surface area contributed by atoms with Gasteiger partial charge in [0.05, 0.1) is 5.02 Å². The van der Waals surface area contributed by atoms with Crippen molar-refractivity contribution in [2.24, 2.45) is 0 Å². The minimum atomic E-state index is 0.420. The van der Waals surface area contributed by atoms with Crippen LogP contribution in [0.4, 0.5) is 0 Å². The van der Waals surface area contributed by atoms with Gasteiger partial charge in [0.1, 0.15) is 0 Å². The Labute approximate surface area is 141 Å². The standard InChI is InChI=1S/C17H19Cl2NS/c1-3-16(20-4-2)12-5-8-14(9-6-12)21-17-11-13(18)7-10-15(17)19/h5-11,16,20H,3-4H2,1-2H3. The Morgan fingerprint density at radius 2 is 1.76 bits per heavy atom. The van der Waals surface area contributed by atoms with E-state index in [1.54, 1.807) is 17.8 Å². The predicted molar refractivity (Wildman–Crippen MR) is 93.7 cm³/mol. The second-order valence-electron chi connectivity index (χ2n) is 4.76. The van der Waals surface area contributed by atoms with Crippen molar-refractivity contribution in [1.29, 1.82) is 0 Å². The molecule has 0 radical (unpaired) electrons. The number of hydrogen-bond acceptors (Lipinski definition) is 2. The van der Waals surface area contributed by atoms with E-state index in [0.717, 1.165) is 27.8 Å². The summed E-state index contributed by atoms with van der Waals surface area (Å²) in [6, 6.07) is 14.6. The molecular formula is C17H19Cl2NS. The lowest BCUT2D eigenvalue weighted by atomic mass is 10.1. The molecule has 0 saturated heterocycles. The fraction of sp³-hybridized carbons (Fsp3) is 0.294. The minimum absolute atomic E-state index is 0.420. The van der Waals surface area contributed by atoms with Crippen LogP contribution < -0.4 is 5.32 Å². The topological polar surface area (TPSA) is 12.0 Å². The first kappa shape index (κ1) is 16.7. The van der Waals surface area contributed by atoms with Crippen LogP contribution in [-0.2, 0) is 0 Å². The zero-order chi connectivity index (χ0) is 15.2. The second kappa shape index (κ2) is 8.09. The molecule has 0 saturated carbocycles. The minimum Gasteiger partial charge on any atom is -0.310 e. The summed E-state index contributed by atoms with van der Waals surface area (Å²) in [5.41, 5.74) is 1.32. The van der Waals surface area contributed by atoms with Crippen LogP contribution in [-0.4, -0.2) is 6.54 Å². The SMILES string of the molecule is CCNC(CC)c1ccc(Sc2cc(Cl)ccc2Cl)cc1. The van der Waals surface area contributed by atoms with Gasteiger partial charge in [-0.25, -0.2) is 0 Å². The maximum Gasteiger partial charge on any atom is 0.0546 e. The van der Waals surface area contributed by atoms with Crippen LogP contribution in [0.15, 0.2) is 52.3 Å². The molecule has 0 aromatic heterocycles. The smallest absolute Gasteiger partial charge is 0.0546 e. The Balaban J connectivity index is 2.13. The highest BCUT2D eigenvalue weighted by Crippen LogP contribution is 2.35. The lowest BCUT2D eigenvalue weighted by Crippen LogP contribution is -2.19. The van der Waals surface area contributed by atoms with E-state index in [4.69, 9.17) is 23.2 Å². The molecule has 0 amide bonds. The molecule has 1 nitrogen and oxygen atoms in total. The molecule has 21 heavy (non-hydrogen) atoms. The molecule has 0 aliphatic carbocycles. The summed E-state index contributed by atoms with van der Waals surface area (Å²) in [7, 11) is 0. The van der Waals surface area contributed by atoms with E-state index in [1.807, 2.05) is 12.1 Å². The highest BCUT2D eigenvalue weighted by Gasteiger charge is 2.08. The molecule has 1 unspecified atom stereocenters. The van der Waals surface area contributed by atoms with Crippen LogP contribution in [0.2, 0.25) is 10.0 Å². The lowest BCUT2D eigenvalue weighted by molar-refractivity contribution is 0.537. The van der Waals surface area contributed by atoms with Crippen LogP contribution in [0.1, 0.15) is 31.9 Å². The first-order chi connectivity index (χ1) is 10.1. The van der Waals surface area contributed by atoms with E-state index < -0.39 is 0 Å². The van der Waals surface area contributed by atoms with Gasteiger partial charge in [-0.3, -0.25) is 0 Å². The number of halogens is 2. The fourth-order valence-electron chi connectivity index (χ4n) is 2.19. The molecule has 112 valence electrons. The lowest BCUT2D eigenvalue weighted by Gasteiger charge is -2.16. The van der Waals surface area contributed by atoms with Crippen molar-refractivity contribution < 1.29 is 0 Å².